The van der Waals surface area contributed by atoms with E-state index in [0.29, 0.717) is 0 Å². The molecule has 0 saturated carbocycles. The van der Waals surface area contributed by atoms with Crippen molar-refractivity contribution < 1.29 is 0 Å². The van der Waals surface area contributed by atoms with Crippen LogP contribution in [0.25, 0.3) is 0 Å². The highest BCUT2D eigenvalue weighted by molar-refractivity contribution is 9.10. The highest BCUT2D eigenvalue weighted by Crippen LogP contribution is 2.21. The van der Waals surface area contributed by atoms with Crippen molar-refractivity contribution in [3.8, 4) is 0 Å². The quantitative estimate of drug-likeness (QED) is 0.544. The minimum atomic E-state index is 0.951. The molecule has 1 rings (SSSR count). The van der Waals surface area contributed by atoms with Gasteiger partial charge < -0.3 is 4.90 Å². The molecule has 0 atom stereocenters. The van der Waals surface area contributed by atoms with Crippen molar-refractivity contribution in [2.75, 3.05) is 18.9 Å². The first-order chi connectivity index (χ1) is 8.06. The summed E-state index contributed by atoms with van der Waals surface area (Å²) in [6.07, 6.45) is 3.82. The number of aromatic nitrogens is 2. The summed E-state index contributed by atoms with van der Waals surface area (Å²) in [4.78, 5) is 2.36. The summed E-state index contributed by atoms with van der Waals surface area (Å²) in [5.74, 6) is 0. The Morgan fingerprint density at radius 2 is 2.00 bits per heavy atom. The maximum absolute atomic E-state index is 4.41. The zero-order valence-electron chi connectivity index (χ0n) is 10.8. The van der Waals surface area contributed by atoms with E-state index in [2.05, 4.69) is 48.9 Å². The van der Waals surface area contributed by atoms with Crippen LogP contribution in [-0.2, 0) is 13.6 Å². The van der Waals surface area contributed by atoms with Crippen molar-refractivity contribution in [1.29, 1.82) is 0 Å². The molecule has 0 aliphatic carbocycles. The van der Waals surface area contributed by atoms with Gasteiger partial charge in [-0.1, -0.05) is 22.4 Å². The van der Waals surface area contributed by atoms with Crippen LogP contribution in [0.1, 0.15) is 30.7 Å². The average molecular weight is 367 g/mol. The summed E-state index contributed by atoms with van der Waals surface area (Å²) < 4.78 is 3.11. The lowest BCUT2D eigenvalue weighted by Crippen LogP contribution is -2.21. The van der Waals surface area contributed by atoms with Gasteiger partial charge in [0.1, 0.15) is 0 Å². The SMILES string of the molecule is Cc1nn(C)c(CN(C)CCCCCBr)c1Br. The molecule has 1 heterocycles. The average Bonchev–Trinajstić information content (AvgIpc) is 2.52. The number of halogens is 2. The molecular formula is C12H21Br2N3. The second-order valence-electron chi connectivity index (χ2n) is 4.46. The number of aryl methyl sites for hydroxylation is 2. The van der Waals surface area contributed by atoms with E-state index in [1.54, 1.807) is 0 Å². The minimum absolute atomic E-state index is 0.951. The molecule has 0 amide bonds. The molecule has 0 saturated heterocycles. The van der Waals surface area contributed by atoms with Gasteiger partial charge in [-0.25, -0.2) is 0 Å². The fraction of sp³-hybridized carbons (Fsp3) is 0.750. The highest BCUT2D eigenvalue weighted by atomic mass is 79.9. The topological polar surface area (TPSA) is 21.1 Å². The first-order valence-corrected chi connectivity index (χ1v) is 7.90. The second kappa shape index (κ2) is 7.54. The zero-order valence-corrected chi connectivity index (χ0v) is 14.0. The van der Waals surface area contributed by atoms with Crippen LogP contribution in [0.4, 0.5) is 0 Å². The molecule has 0 aromatic carbocycles. The summed E-state index contributed by atoms with van der Waals surface area (Å²) in [5.41, 5.74) is 2.32. The van der Waals surface area contributed by atoms with E-state index in [4.69, 9.17) is 0 Å². The molecule has 0 aliphatic heterocycles. The third kappa shape index (κ3) is 4.72. The van der Waals surface area contributed by atoms with Crippen LogP contribution in [-0.4, -0.2) is 33.6 Å². The maximum Gasteiger partial charge on any atom is 0.0739 e. The van der Waals surface area contributed by atoms with Gasteiger partial charge in [-0.3, -0.25) is 4.68 Å². The van der Waals surface area contributed by atoms with E-state index in [1.165, 1.54) is 25.0 Å². The summed E-state index contributed by atoms with van der Waals surface area (Å²) >= 11 is 7.07. The summed E-state index contributed by atoms with van der Waals surface area (Å²) in [6, 6.07) is 0. The van der Waals surface area contributed by atoms with Crippen LogP contribution in [0.15, 0.2) is 4.47 Å². The molecular weight excluding hydrogens is 346 g/mol. The van der Waals surface area contributed by atoms with Gasteiger partial charge in [0.05, 0.1) is 15.9 Å². The monoisotopic (exact) mass is 365 g/mol. The Bertz CT molecular complexity index is 350. The largest absolute Gasteiger partial charge is 0.301 e. The lowest BCUT2D eigenvalue weighted by atomic mass is 10.2. The van der Waals surface area contributed by atoms with Crippen LogP contribution < -0.4 is 0 Å². The van der Waals surface area contributed by atoms with Crippen LogP contribution in [0, 0.1) is 6.92 Å². The predicted molar refractivity (Wildman–Crippen MR) is 79.6 cm³/mol. The Kier molecular flexibility index (Phi) is 6.74. The van der Waals surface area contributed by atoms with Crippen molar-refractivity contribution in [3.05, 3.63) is 15.9 Å². The molecule has 3 nitrogen and oxygen atoms in total. The standard InChI is InChI=1S/C12H21Br2N3/c1-10-12(14)11(17(3)15-10)9-16(2)8-6-4-5-7-13/h4-9H2,1-3H3. The molecule has 98 valence electrons. The van der Waals surface area contributed by atoms with Gasteiger partial charge in [0.2, 0.25) is 0 Å². The fourth-order valence-electron chi connectivity index (χ4n) is 1.84. The van der Waals surface area contributed by atoms with Crippen molar-refractivity contribution in [3.63, 3.8) is 0 Å². The van der Waals surface area contributed by atoms with Crippen LogP contribution in [0.3, 0.4) is 0 Å². The van der Waals surface area contributed by atoms with Gasteiger partial charge in [0, 0.05) is 18.9 Å². The number of alkyl halides is 1. The van der Waals surface area contributed by atoms with E-state index in [1.807, 2.05) is 18.7 Å². The van der Waals surface area contributed by atoms with Crippen molar-refractivity contribution in [2.45, 2.75) is 32.7 Å². The Labute approximate surface area is 121 Å². The Hall–Kier alpha value is 0.130. The first-order valence-electron chi connectivity index (χ1n) is 5.98. The summed E-state index contributed by atoms with van der Waals surface area (Å²) in [7, 11) is 4.18. The molecule has 0 fully saturated rings. The number of hydrogen-bond donors (Lipinski definition) is 0. The van der Waals surface area contributed by atoms with Gasteiger partial charge in [0.25, 0.3) is 0 Å². The zero-order chi connectivity index (χ0) is 12.8. The van der Waals surface area contributed by atoms with Crippen LogP contribution in [0.5, 0.6) is 0 Å². The molecule has 0 aliphatic rings. The summed E-state index contributed by atoms with van der Waals surface area (Å²) in [6.45, 7) is 4.12. The molecule has 0 radical (unpaired) electrons. The number of hydrogen-bond acceptors (Lipinski definition) is 2. The van der Waals surface area contributed by atoms with Gasteiger partial charge >= 0.3 is 0 Å². The predicted octanol–water partition coefficient (Wildman–Crippen LogP) is 3.49. The lowest BCUT2D eigenvalue weighted by molar-refractivity contribution is 0.309. The number of unbranched alkanes of at least 4 members (excludes halogenated alkanes) is 2. The molecule has 17 heavy (non-hydrogen) atoms. The normalized spacial score (nSPS) is 11.4. The first kappa shape index (κ1) is 15.2. The van der Waals surface area contributed by atoms with E-state index >= 15 is 0 Å². The molecule has 0 N–H and O–H groups in total. The van der Waals surface area contributed by atoms with Gasteiger partial charge in [-0.05, 0) is 49.3 Å². The third-order valence-electron chi connectivity index (χ3n) is 2.85. The van der Waals surface area contributed by atoms with E-state index < -0.39 is 0 Å². The third-order valence-corrected chi connectivity index (χ3v) is 4.45. The minimum Gasteiger partial charge on any atom is -0.301 e. The van der Waals surface area contributed by atoms with Crippen molar-refractivity contribution in [2.24, 2.45) is 7.05 Å². The smallest absolute Gasteiger partial charge is 0.0739 e. The molecule has 5 heteroatoms. The summed E-state index contributed by atoms with van der Waals surface area (Å²) in [5, 5.41) is 5.52. The number of nitrogens with zero attached hydrogens (tertiary/aromatic N) is 3. The van der Waals surface area contributed by atoms with Crippen LogP contribution in [0.2, 0.25) is 0 Å². The Morgan fingerprint density at radius 1 is 1.29 bits per heavy atom. The fourth-order valence-corrected chi connectivity index (χ4v) is 2.70. The maximum atomic E-state index is 4.41. The van der Waals surface area contributed by atoms with Gasteiger partial charge in [0.15, 0.2) is 0 Å². The van der Waals surface area contributed by atoms with Crippen molar-refractivity contribution >= 4 is 31.9 Å². The van der Waals surface area contributed by atoms with Crippen LogP contribution >= 0.6 is 31.9 Å². The Balaban J connectivity index is 2.42. The van der Waals surface area contributed by atoms with Crippen molar-refractivity contribution in [1.82, 2.24) is 14.7 Å². The van der Waals surface area contributed by atoms with E-state index in [9.17, 15) is 0 Å². The van der Waals surface area contributed by atoms with E-state index in [-0.39, 0.29) is 0 Å². The Morgan fingerprint density at radius 3 is 2.53 bits per heavy atom. The molecule has 0 bridgehead atoms. The lowest BCUT2D eigenvalue weighted by Gasteiger charge is -2.16. The van der Waals surface area contributed by atoms with Gasteiger partial charge in [-0.2, -0.15) is 5.10 Å². The van der Waals surface area contributed by atoms with Gasteiger partial charge in [-0.15, -0.1) is 0 Å². The molecule has 0 spiro atoms. The molecule has 1 aromatic heterocycles. The van der Waals surface area contributed by atoms with E-state index in [0.717, 1.165) is 28.6 Å². The highest BCUT2D eigenvalue weighted by Gasteiger charge is 2.12. The molecule has 1 aromatic rings. The number of rotatable bonds is 7. The second-order valence-corrected chi connectivity index (χ2v) is 6.04. The molecule has 0 unspecified atom stereocenters.